The number of nitrogens with one attached hydrogen (secondary N) is 1. The Labute approximate surface area is 113 Å². The van der Waals surface area contributed by atoms with Crippen LogP contribution < -0.4 is 10.5 Å². The molecule has 0 unspecified atom stereocenters. The van der Waals surface area contributed by atoms with Gasteiger partial charge in [-0.25, -0.2) is 13.1 Å². The van der Waals surface area contributed by atoms with E-state index in [9.17, 15) is 8.42 Å². The summed E-state index contributed by atoms with van der Waals surface area (Å²) in [4.78, 5) is 1.14. The molecule has 0 atom stereocenters. The van der Waals surface area contributed by atoms with E-state index in [1.165, 1.54) is 13.1 Å². The molecule has 0 bridgehead atoms. The zero-order valence-electron chi connectivity index (χ0n) is 10.9. The van der Waals surface area contributed by atoms with Gasteiger partial charge in [-0.2, -0.15) is 0 Å². The predicted molar refractivity (Wildman–Crippen MR) is 77.3 cm³/mol. The van der Waals surface area contributed by atoms with Crippen molar-refractivity contribution in [1.29, 1.82) is 0 Å². The minimum absolute atomic E-state index is 0.204. The van der Waals surface area contributed by atoms with Gasteiger partial charge in [0.2, 0.25) is 10.0 Å². The number of hydrogen-bond donors (Lipinski definition) is 2. The molecule has 0 heterocycles. The number of anilines is 1. The van der Waals surface area contributed by atoms with Crippen LogP contribution in [0, 0.1) is 5.92 Å². The molecule has 0 saturated carbocycles. The van der Waals surface area contributed by atoms with E-state index >= 15 is 0 Å². The third kappa shape index (κ3) is 4.19. The molecule has 1 aromatic rings. The Bertz CT molecular complexity index is 499. The average Bonchev–Trinajstić information content (AvgIpc) is 2.30. The van der Waals surface area contributed by atoms with E-state index in [0.717, 1.165) is 17.1 Å². The molecular weight excluding hydrogens is 268 g/mol. The van der Waals surface area contributed by atoms with E-state index in [4.69, 9.17) is 5.73 Å². The van der Waals surface area contributed by atoms with Crippen molar-refractivity contribution in [2.45, 2.75) is 30.1 Å². The molecule has 0 aliphatic rings. The molecular formula is C12H20N2O2S2. The predicted octanol–water partition coefficient (Wildman–Crippen LogP) is 2.32. The number of nitrogens with two attached hydrogens (primary N) is 1. The minimum atomic E-state index is -3.41. The van der Waals surface area contributed by atoms with Crippen molar-refractivity contribution in [3.05, 3.63) is 18.2 Å². The van der Waals surface area contributed by atoms with E-state index in [-0.39, 0.29) is 4.90 Å². The van der Waals surface area contributed by atoms with Crippen LogP contribution in [0.5, 0.6) is 0 Å². The maximum absolute atomic E-state index is 11.6. The van der Waals surface area contributed by atoms with Crippen LogP contribution in [0.25, 0.3) is 0 Å². The van der Waals surface area contributed by atoms with Crippen LogP contribution in [0.3, 0.4) is 0 Å². The lowest BCUT2D eigenvalue weighted by atomic mass is 10.2. The number of hydrogen-bond acceptors (Lipinski definition) is 4. The summed E-state index contributed by atoms with van der Waals surface area (Å²) < 4.78 is 25.5. The molecule has 18 heavy (non-hydrogen) atoms. The van der Waals surface area contributed by atoms with E-state index in [1.807, 2.05) is 0 Å². The van der Waals surface area contributed by atoms with Gasteiger partial charge in [-0.15, -0.1) is 11.8 Å². The van der Waals surface area contributed by atoms with E-state index in [1.54, 1.807) is 23.9 Å². The fraction of sp³-hybridized carbons (Fsp3) is 0.500. The number of sulfonamides is 1. The second kappa shape index (κ2) is 6.45. The Kier molecular flexibility index (Phi) is 5.49. The quantitative estimate of drug-likeness (QED) is 0.622. The first kappa shape index (κ1) is 15.3. The van der Waals surface area contributed by atoms with Crippen LogP contribution in [0.2, 0.25) is 0 Å². The van der Waals surface area contributed by atoms with Crippen LogP contribution in [0.15, 0.2) is 28.0 Å². The molecule has 0 aliphatic heterocycles. The van der Waals surface area contributed by atoms with Crippen molar-refractivity contribution in [2.75, 3.05) is 18.5 Å². The van der Waals surface area contributed by atoms with Crippen LogP contribution in [-0.4, -0.2) is 21.2 Å². The first-order valence-corrected chi connectivity index (χ1v) is 8.29. The normalized spacial score (nSPS) is 12.0. The molecule has 4 nitrogen and oxygen atoms in total. The van der Waals surface area contributed by atoms with E-state index in [2.05, 4.69) is 18.6 Å². The topological polar surface area (TPSA) is 72.2 Å². The molecule has 0 radical (unpaired) electrons. The van der Waals surface area contributed by atoms with Gasteiger partial charge in [0.25, 0.3) is 0 Å². The maximum Gasteiger partial charge on any atom is 0.240 e. The summed E-state index contributed by atoms with van der Waals surface area (Å²) in [5.41, 5.74) is 6.39. The molecule has 0 aliphatic carbocycles. The summed E-state index contributed by atoms with van der Waals surface area (Å²) in [6.45, 7) is 4.35. The molecule has 0 aromatic heterocycles. The molecule has 0 fully saturated rings. The first-order valence-electron chi connectivity index (χ1n) is 5.82. The van der Waals surface area contributed by atoms with Gasteiger partial charge in [-0.1, -0.05) is 13.8 Å². The minimum Gasteiger partial charge on any atom is -0.398 e. The molecule has 0 spiro atoms. The Morgan fingerprint density at radius 1 is 1.39 bits per heavy atom. The zero-order chi connectivity index (χ0) is 13.8. The van der Waals surface area contributed by atoms with Crippen molar-refractivity contribution >= 4 is 27.5 Å². The number of nitrogen functional groups attached to an aromatic ring is 1. The summed E-state index contributed by atoms with van der Waals surface area (Å²) in [7, 11) is -2.02. The van der Waals surface area contributed by atoms with Crippen molar-refractivity contribution < 1.29 is 8.42 Å². The molecule has 6 heteroatoms. The van der Waals surface area contributed by atoms with Crippen LogP contribution in [0.1, 0.15) is 20.3 Å². The average molecular weight is 288 g/mol. The summed E-state index contributed by atoms with van der Waals surface area (Å²) >= 11 is 1.66. The van der Waals surface area contributed by atoms with Gasteiger partial charge in [0.05, 0.1) is 4.90 Å². The van der Waals surface area contributed by atoms with Gasteiger partial charge < -0.3 is 5.73 Å². The second-order valence-corrected chi connectivity index (χ2v) is 7.46. The van der Waals surface area contributed by atoms with Gasteiger partial charge >= 0.3 is 0 Å². The highest BCUT2D eigenvalue weighted by Gasteiger charge is 2.13. The zero-order valence-corrected chi connectivity index (χ0v) is 12.6. The lowest BCUT2D eigenvalue weighted by molar-refractivity contribution is 0.588. The van der Waals surface area contributed by atoms with Gasteiger partial charge in [0, 0.05) is 10.6 Å². The van der Waals surface area contributed by atoms with Crippen molar-refractivity contribution in [1.82, 2.24) is 4.72 Å². The van der Waals surface area contributed by atoms with E-state index in [0.29, 0.717) is 11.6 Å². The summed E-state index contributed by atoms with van der Waals surface area (Å²) in [6.07, 6.45) is 1.11. The smallest absolute Gasteiger partial charge is 0.240 e. The SMILES string of the molecule is CNS(=O)(=O)c1ccc(SCCC(C)C)c(N)c1. The molecule has 1 rings (SSSR count). The molecule has 0 saturated heterocycles. The van der Waals surface area contributed by atoms with Crippen molar-refractivity contribution in [2.24, 2.45) is 5.92 Å². The maximum atomic E-state index is 11.6. The standard InChI is InChI=1S/C12H20N2O2S2/c1-9(2)6-7-17-12-5-4-10(8-11(12)13)18(15,16)14-3/h4-5,8-9,14H,6-7,13H2,1-3H3. The lowest BCUT2D eigenvalue weighted by Gasteiger charge is -2.09. The van der Waals surface area contributed by atoms with Gasteiger partial charge in [-0.3, -0.25) is 0 Å². The number of rotatable bonds is 6. The highest BCUT2D eigenvalue weighted by Crippen LogP contribution is 2.28. The highest BCUT2D eigenvalue weighted by molar-refractivity contribution is 7.99. The van der Waals surface area contributed by atoms with Crippen molar-refractivity contribution in [3.8, 4) is 0 Å². The fourth-order valence-electron chi connectivity index (χ4n) is 1.35. The fourth-order valence-corrected chi connectivity index (χ4v) is 3.31. The van der Waals surface area contributed by atoms with E-state index < -0.39 is 10.0 Å². The number of thioether (sulfide) groups is 1. The Morgan fingerprint density at radius 2 is 2.06 bits per heavy atom. The molecule has 3 N–H and O–H groups in total. The molecule has 1 aromatic carbocycles. The van der Waals surface area contributed by atoms with Gasteiger partial charge in [0.15, 0.2) is 0 Å². The van der Waals surface area contributed by atoms with Crippen LogP contribution in [-0.2, 0) is 10.0 Å². The Hall–Kier alpha value is -0.720. The third-order valence-electron chi connectivity index (χ3n) is 2.51. The largest absolute Gasteiger partial charge is 0.398 e. The summed E-state index contributed by atoms with van der Waals surface area (Å²) in [5.74, 6) is 1.64. The monoisotopic (exact) mass is 288 g/mol. The van der Waals surface area contributed by atoms with Crippen LogP contribution in [0.4, 0.5) is 5.69 Å². The third-order valence-corrected chi connectivity index (χ3v) is 5.05. The number of benzene rings is 1. The molecule has 0 amide bonds. The van der Waals surface area contributed by atoms with Gasteiger partial charge in [0.1, 0.15) is 0 Å². The van der Waals surface area contributed by atoms with Gasteiger partial charge in [-0.05, 0) is 43.3 Å². The lowest BCUT2D eigenvalue weighted by Crippen LogP contribution is -2.18. The second-order valence-electron chi connectivity index (χ2n) is 4.44. The molecule has 102 valence electrons. The van der Waals surface area contributed by atoms with Crippen molar-refractivity contribution in [3.63, 3.8) is 0 Å². The summed E-state index contributed by atoms with van der Waals surface area (Å²) in [5, 5.41) is 0. The first-order chi connectivity index (χ1) is 8.36. The highest BCUT2D eigenvalue weighted by atomic mass is 32.2. The van der Waals surface area contributed by atoms with Crippen LogP contribution >= 0.6 is 11.8 Å². The Balaban J connectivity index is 2.81. The summed E-state index contributed by atoms with van der Waals surface area (Å²) in [6, 6.07) is 4.86. The Morgan fingerprint density at radius 3 is 2.56 bits per heavy atom.